The van der Waals surface area contributed by atoms with Gasteiger partial charge in [-0.15, -0.1) is 0 Å². The molecule has 2 N–H and O–H groups in total. The fourth-order valence-corrected chi connectivity index (χ4v) is 3.44. The van der Waals surface area contributed by atoms with Gasteiger partial charge in [-0.25, -0.2) is 0 Å². The second-order valence-electron chi connectivity index (χ2n) is 6.38. The van der Waals surface area contributed by atoms with Crippen LogP contribution in [0.3, 0.4) is 0 Å². The highest BCUT2D eigenvalue weighted by Gasteiger charge is 2.28. The van der Waals surface area contributed by atoms with Crippen LogP contribution in [0.2, 0.25) is 0 Å². The summed E-state index contributed by atoms with van der Waals surface area (Å²) in [4.78, 5) is 5.13. The van der Waals surface area contributed by atoms with E-state index >= 15 is 0 Å². The third-order valence-electron chi connectivity index (χ3n) is 4.87. The Morgan fingerprint density at radius 2 is 1.74 bits per heavy atom. The van der Waals surface area contributed by atoms with Gasteiger partial charge in [0, 0.05) is 25.7 Å². The van der Waals surface area contributed by atoms with E-state index in [0.717, 1.165) is 38.8 Å². The van der Waals surface area contributed by atoms with E-state index in [2.05, 4.69) is 23.6 Å². The monoisotopic (exact) mass is 269 g/mol. The number of rotatable bonds is 5. The summed E-state index contributed by atoms with van der Waals surface area (Å²) in [5.74, 6) is 1.50. The average Bonchev–Trinajstić information content (AvgIpc) is 2.46. The summed E-state index contributed by atoms with van der Waals surface area (Å²) < 4.78 is 5.42. The first kappa shape index (κ1) is 15.2. The summed E-state index contributed by atoms with van der Waals surface area (Å²) in [6.07, 6.45) is 2.65. The number of likely N-dealkylation sites (tertiary alicyclic amines) is 1. The molecule has 0 bridgehead atoms. The molecule has 19 heavy (non-hydrogen) atoms. The van der Waals surface area contributed by atoms with Gasteiger partial charge in [0.2, 0.25) is 0 Å². The van der Waals surface area contributed by atoms with Gasteiger partial charge in [0.25, 0.3) is 0 Å². The van der Waals surface area contributed by atoms with Crippen LogP contribution in [-0.2, 0) is 4.74 Å². The summed E-state index contributed by atoms with van der Waals surface area (Å²) >= 11 is 0. The zero-order valence-corrected chi connectivity index (χ0v) is 12.7. The second kappa shape index (κ2) is 7.58. The predicted octanol–water partition coefficient (Wildman–Crippen LogP) is 1.01. The number of nitrogens with zero attached hydrogens (tertiary/aromatic N) is 2. The Morgan fingerprint density at radius 3 is 2.26 bits per heavy atom. The quantitative estimate of drug-likeness (QED) is 0.809. The number of piperidine rings is 1. The second-order valence-corrected chi connectivity index (χ2v) is 6.38. The minimum Gasteiger partial charge on any atom is -0.379 e. The number of ether oxygens (including phenoxy) is 1. The van der Waals surface area contributed by atoms with Crippen molar-refractivity contribution in [2.24, 2.45) is 17.6 Å². The summed E-state index contributed by atoms with van der Waals surface area (Å²) in [6, 6.07) is 0.691. The van der Waals surface area contributed by atoms with Gasteiger partial charge in [-0.2, -0.15) is 0 Å². The smallest absolute Gasteiger partial charge is 0.0594 e. The number of morpholine rings is 1. The van der Waals surface area contributed by atoms with Crippen LogP contribution in [0.25, 0.3) is 0 Å². The van der Waals surface area contributed by atoms with E-state index in [-0.39, 0.29) is 0 Å². The van der Waals surface area contributed by atoms with Crippen LogP contribution < -0.4 is 5.73 Å². The maximum Gasteiger partial charge on any atom is 0.0594 e. The molecule has 1 unspecified atom stereocenters. The lowest BCUT2D eigenvalue weighted by Crippen LogP contribution is -2.46. The molecule has 0 spiro atoms. The van der Waals surface area contributed by atoms with Crippen molar-refractivity contribution in [3.05, 3.63) is 0 Å². The van der Waals surface area contributed by atoms with Gasteiger partial charge in [-0.3, -0.25) is 4.90 Å². The minimum absolute atomic E-state index is 0.674. The third-order valence-corrected chi connectivity index (χ3v) is 4.87. The molecule has 2 heterocycles. The van der Waals surface area contributed by atoms with Crippen molar-refractivity contribution in [3.63, 3.8) is 0 Å². The van der Waals surface area contributed by atoms with E-state index in [9.17, 15) is 0 Å². The molecule has 2 aliphatic heterocycles. The lowest BCUT2D eigenvalue weighted by molar-refractivity contribution is 0.0211. The van der Waals surface area contributed by atoms with Gasteiger partial charge in [-0.05, 0) is 58.2 Å². The molecule has 112 valence electrons. The molecule has 4 nitrogen and oxygen atoms in total. The Morgan fingerprint density at radius 1 is 1.11 bits per heavy atom. The van der Waals surface area contributed by atoms with E-state index < -0.39 is 0 Å². The predicted molar refractivity (Wildman–Crippen MR) is 79.2 cm³/mol. The molecule has 0 aromatic carbocycles. The Hall–Kier alpha value is -0.160. The molecule has 0 radical (unpaired) electrons. The fourth-order valence-electron chi connectivity index (χ4n) is 3.44. The van der Waals surface area contributed by atoms with Crippen LogP contribution in [-0.4, -0.2) is 68.3 Å². The van der Waals surface area contributed by atoms with Crippen LogP contribution in [0.15, 0.2) is 0 Å². The van der Waals surface area contributed by atoms with Gasteiger partial charge < -0.3 is 15.4 Å². The molecule has 0 aliphatic carbocycles. The van der Waals surface area contributed by atoms with Gasteiger partial charge >= 0.3 is 0 Å². The topological polar surface area (TPSA) is 41.7 Å². The Balaban J connectivity index is 1.78. The molecule has 1 atom stereocenters. The molecule has 2 fully saturated rings. The van der Waals surface area contributed by atoms with E-state index in [0.29, 0.717) is 12.0 Å². The minimum atomic E-state index is 0.674. The van der Waals surface area contributed by atoms with Crippen molar-refractivity contribution in [1.82, 2.24) is 9.80 Å². The first-order valence-corrected chi connectivity index (χ1v) is 7.95. The first-order chi connectivity index (χ1) is 9.20. The highest BCUT2D eigenvalue weighted by atomic mass is 16.5. The van der Waals surface area contributed by atoms with E-state index in [1.807, 2.05) is 0 Å². The highest BCUT2D eigenvalue weighted by Crippen LogP contribution is 2.26. The molecule has 0 aromatic heterocycles. The number of hydrogen-bond acceptors (Lipinski definition) is 4. The molecule has 2 aliphatic rings. The van der Waals surface area contributed by atoms with Crippen LogP contribution in [0.1, 0.15) is 26.7 Å². The van der Waals surface area contributed by atoms with Gasteiger partial charge in [0.05, 0.1) is 13.2 Å². The maximum absolute atomic E-state index is 6.04. The molecular formula is C15H31N3O. The normalized spacial score (nSPS) is 25.9. The van der Waals surface area contributed by atoms with Gasteiger partial charge in [0.1, 0.15) is 0 Å². The fraction of sp³-hybridized carbons (Fsp3) is 1.00. The van der Waals surface area contributed by atoms with E-state index in [1.165, 1.54) is 32.5 Å². The van der Waals surface area contributed by atoms with Crippen molar-refractivity contribution in [2.45, 2.75) is 32.7 Å². The first-order valence-electron chi connectivity index (χ1n) is 7.95. The van der Waals surface area contributed by atoms with Crippen LogP contribution in [0, 0.1) is 11.8 Å². The Kier molecular flexibility index (Phi) is 6.07. The van der Waals surface area contributed by atoms with Crippen molar-refractivity contribution in [2.75, 3.05) is 52.5 Å². The summed E-state index contributed by atoms with van der Waals surface area (Å²) in [5.41, 5.74) is 6.04. The highest BCUT2D eigenvalue weighted by molar-refractivity contribution is 4.82. The largest absolute Gasteiger partial charge is 0.379 e. The molecule has 2 rings (SSSR count). The molecule has 4 heteroatoms. The molecule has 2 saturated heterocycles. The standard InChI is InChI=1S/C15H31N3O/c1-13(2)18-5-3-14(4-6-18)15(11-16)12-17-7-9-19-10-8-17/h13-15H,3-12,16H2,1-2H3. The van der Waals surface area contributed by atoms with Crippen molar-refractivity contribution in [3.8, 4) is 0 Å². The number of hydrogen-bond donors (Lipinski definition) is 1. The summed E-state index contributed by atoms with van der Waals surface area (Å²) in [5, 5.41) is 0. The van der Waals surface area contributed by atoms with E-state index in [4.69, 9.17) is 10.5 Å². The number of nitrogens with two attached hydrogens (primary N) is 1. The average molecular weight is 269 g/mol. The maximum atomic E-state index is 6.04. The third kappa shape index (κ3) is 4.42. The molecule has 0 saturated carbocycles. The summed E-state index contributed by atoms with van der Waals surface area (Å²) in [6.45, 7) is 13.1. The molecule has 0 aromatic rings. The molecular weight excluding hydrogens is 238 g/mol. The van der Waals surface area contributed by atoms with Gasteiger partial charge in [-0.1, -0.05) is 0 Å². The zero-order valence-electron chi connectivity index (χ0n) is 12.7. The van der Waals surface area contributed by atoms with Crippen molar-refractivity contribution in [1.29, 1.82) is 0 Å². The van der Waals surface area contributed by atoms with Crippen LogP contribution in [0.4, 0.5) is 0 Å². The summed E-state index contributed by atoms with van der Waals surface area (Å²) in [7, 11) is 0. The Bertz CT molecular complexity index is 246. The SMILES string of the molecule is CC(C)N1CCC(C(CN)CN2CCOCC2)CC1. The zero-order chi connectivity index (χ0) is 13.7. The van der Waals surface area contributed by atoms with Crippen molar-refractivity contribution >= 4 is 0 Å². The Labute approximate surface area is 118 Å². The van der Waals surface area contributed by atoms with Crippen LogP contribution in [0.5, 0.6) is 0 Å². The van der Waals surface area contributed by atoms with Crippen molar-refractivity contribution < 1.29 is 4.74 Å². The lowest BCUT2D eigenvalue weighted by atomic mass is 9.83. The van der Waals surface area contributed by atoms with E-state index in [1.54, 1.807) is 0 Å². The lowest BCUT2D eigenvalue weighted by Gasteiger charge is -2.39. The van der Waals surface area contributed by atoms with Crippen LogP contribution >= 0.6 is 0 Å². The van der Waals surface area contributed by atoms with Gasteiger partial charge in [0.15, 0.2) is 0 Å². The molecule has 0 amide bonds.